The first kappa shape index (κ1) is 20.2. The van der Waals surface area contributed by atoms with Crippen LogP contribution in [0.2, 0.25) is 0 Å². The van der Waals surface area contributed by atoms with Crippen LogP contribution in [0.3, 0.4) is 0 Å². The molecule has 0 spiro atoms. The second-order valence-corrected chi connectivity index (χ2v) is 7.17. The van der Waals surface area contributed by atoms with E-state index in [0.29, 0.717) is 0 Å². The molecule has 0 radical (unpaired) electrons. The molecular weight excluding hydrogens is 270 g/mol. The van der Waals surface area contributed by atoms with Gasteiger partial charge in [-0.25, -0.2) is 4.79 Å². The first-order valence-corrected chi connectivity index (χ1v) is 7.83. The molecule has 0 heterocycles. The van der Waals surface area contributed by atoms with Crippen molar-refractivity contribution in [1.82, 2.24) is 5.32 Å². The van der Waals surface area contributed by atoms with E-state index >= 15 is 0 Å². The molecule has 1 amide bonds. The molecule has 0 aliphatic rings. The van der Waals surface area contributed by atoms with E-state index in [4.69, 9.17) is 4.74 Å². The summed E-state index contributed by atoms with van der Waals surface area (Å²) in [7, 11) is 0. The smallest absolute Gasteiger partial charge is 0.407 e. The minimum absolute atomic E-state index is 0.0683. The number of amides is 1. The highest BCUT2D eigenvalue weighted by molar-refractivity contribution is 5.68. The van der Waals surface area contributed by atoms with Gasteiger partial charge in [-0.3, -0.25) is 0 Å². The maximum atomic E-state index is 11.9. The van der Waals surface area contributed by atoms with E-state index < -0.39 is 29.9 Å². The van der Waals surface area contributed by atoms with Gasteiger partial charge in [0.25, 0.3) is 0 Å². The number of alkyl carbamates (subject to hydrolysis) is 1. The molecule has 0 aromatic rings. The zero-order chi connectivity index (χ0) is 16.8. The van der Waals surface area contributed by atoms with Gasteiger partial charge in [-0.2, -0.15) is 0 Å². The monoisotopic (exact) mass is 303 g/mol. The van der Waals surface area contributed by atoms with Crippen LogP contribution in [0.25, 0.3) is 0 Å². The van der Waals surface area contributed by atoms with Gasteiger partial charge in [0.15, 0.2) is 0 Å². The molecule has 21 heavy (non-hydrogen) atoms. The van der Waals surface area contributed by atoms with Crippen molar-refractivity contribution in [2.24, 2.45) is 11.8 Å². The third-order valence-electron chi connectivity index (χ3n) is 3.61. The normalized spacial score (nSPS) is 18.0. The molecule has 0 aliphatic carbocycles. The molecular formula is C16H33NO4. The van der Waals surface area contributed by atoms with E-state index in [1.54, 1.807) is 20.8 Å². The zero-order valence-electron chi connectivity index (χ0n) is 14.5. The third-order valence-corrected chi connectivity index (χ3v) is 3.61. The lowest BCUT2D eigenvalue weighted by Gasteiger charge is -2.31. The van der Waals surface area contributed by atoms with Crippen molar-refractivity contribution in [2.75, 3.05) is 0 Å². The number of carbonyl (C=O) groups excluding carboxylic acids is 1. The Labute approximate surface area is 129 Å². The fraction of sp³-hybridized carbons (Fsp3) is 0.938. The molecule has 3 N–H and O–H groups in total. The van der Waals surface area contributed by atoms with Crippen molar-refractivity contribution in [3.63, 3.8) is 0 Å². The predicted molar refractivity (Wildman–Crippen MR) is 84.1 cm³/mol. The summed E-state index contributed by atoms with van der Waals surface area (Å²) in [6, 6.07) is -0.432. The number of hydrogen-bond acceptors (Lipinski definition) is 4. The molecule has 0 aromatic carbocycles. The largest absolute Gasteiger partial charge is 0.444 e. The van der Waals surface area contributed by atoms with Gasteiger partial charge in [0, 0.05) is 6.42 Å². The van der Waals surface area contributed by atoms with Gasteiger partial charge in [0.1, 0.15) is 5.60 Å². The summed E-state index contributed by atoms with van der Waals surface area (Å²) in [4.78, 5) is 11.9. The van der Waals surface area contributed by atoms with Crippen LogP contribution in [0, 0.1) is 11.8 Å². The van der Waals surface area contributed by atoms with Crippen LogP contribution < -0.4 is 5.32 Å². The number of aliphatic hydroxyl groups excluding tert-OH is 2. The number of carbonyl (C=O) groups is 1. The predicted octanol–water partition coefficient (Wildman–Crippen LogP) is 2.69. The molecule has 0 rings (SSSR count). The van der Waals surface area contributed by atoms with Crippen LogP contribution in [0.15, 0.2) is 0 Å². The molecule has 4 atom stereocenters. The Morgan fingerprint density at radius 2 is 1.67 bits per heavy atom. The van der Waals surface area contributed by atoms with Gasteiger partial charge in [-0.05, 0) is 32.6 Å². The average molecular weight is 303 g/mol. The van der Waals surface area contributed by atoms with E-state index in [0.717, 1.165) is 6.42 Å². The van der Waals surface area contributed by atoms with Crippen molar-refractivity contribution in [1.29, 1.82) is 0 Å². The Hall–Kier alpha value is -0.810. The summed E-state index contributed by atoms with van der Waals surface area (Å²) in [6.07, 6.45) is -0.875. The Kier molecular flexibility index (Phi) is 8.26. The van der Waals surface area contributed by atoms with Crippen molar-refractivity contribution < 1.29 is 19.7 Å². The van der Waals surface area contributed by atoms with Crippen LogP contribution in [-0.4, -0.2) is 40.2 Å². The van der Waals surface area contributed by atoms with Gasteiger partial charge in [-0.1, -0.05) is 34.1 Å². The van der Waals surface area contributed by atoms with Crippen LogP contribution in [-0.2, 0) is 4.74 Å². The highest BCUT2D eigenvalue weighted by atomic mass is 16.6. The lowest BCUT2D eigenvalue weighted by Crippen LogP contribution is -2.50. The van der Waals surface area contributed by atoms with Gasteiger partial charge in [-0.15, -0.1) is 0 Å². The Bertz CT molecular complexity index is 312. The molecule has 0 aromatic heterocycles. The maximum Gasteiger partial charge on any atom is 0.407 e. The van der Waals surface area contributed by atoms with Crippen molar-refractivity contribution >= 4 is 6.09 Å². The lowest BCUT2D eigenvalue weighted by atomic mass is 9.89. The highest BCUT2D eigenvalue weighted by Gasteiger charge is 2.30. The first-order valence-electron chi connectivity index (χ1n) is 7.83. The summed E-state index contributed by atoms with van der Waals surface area (Å²) in [5, 5.41) is 23.0. The topological polar surface area (TPSA) is 78.8 Å². The molecule has 1 unspecified atom stereocenters. The Morgan fingerprint density at radius 3 is 2.05 bits per heavy atom. The summed E-state index contributed by atoms with van der Waals surface area (Å²) in [6.45, 7) is 13.2. The van der Waals surface area contributed by atoms with E-state index in [1.165, 1.54) is 0 Å². The molecule has 126 valence electrons. The molecule has 0 bridgehead atoms. The third kappa shape index (κ3) is 8.27. The van der Waals surface area contributed by atoms with Crippen molar-refractivity contribution in [3.8, 4) is 0 Å². The molecule has 0 saturated heterocycles. The van der Waals surface area contributed by atoms with Crippen LogP contribution in [0.5, 0.6) is 0 Å². The van der Waals surface area contributed by atoms with E-state index in [9.17, 15) is 15.0 Å². The molecule has 0 fully saturated rings. The fourth-order valence-corrected chi connectivity index (χ4v) is 1.98. The molecule has 5 heteroatoms. The molecule has 0 aliphatic heterocycles. The van der Waals surface area contributed by atoms with Crippen molar-refractivity contribution in [3.05, 3.63) is 0 Å². The number of hydrogen-bond donors (Lipinski definition) is 3. The number of rotatable bonds is 7. The number of aliphatic hydroxyl groups is 2. The number of ether oxygens (including phenoxy) is 1. The number of nitrogens with one attached hydrogen (secondary N) is 1. The summed E-state index contributed by atoms with van der Waals surface area (Å²) >= 11 is 0. The summed E-state index contributed by atoms with van der Waals surface area (Å²) in [5.74, 6) is 0.158. The zero-order valence-corrected chi connectivity index (χ0v) is 14.5. The van der Waals surface area contributed by atoms with Crippen LogP contribution >= 0.6 is 0 Å². The van der Waals surface area contributed by atoms with Crippen LogP contribution in [0.1, 0.15) is 61.3 Å². The van der Waals surface area contributed by atoms with Crippen LogP contribution in [0.4, 0.5) is 4.79 Å². The minimum Gasteiger partial charge on any atom is -0.444 e. The minimum atomic E-state index is -0.801. The Balaban J connectivity index is 4.76. The average Bonchev–Trinajstić information content (AvgIpc) is 2.32. The lowest BCUT2D eigenvalue weighted by molar-refractivity contribution is 0.0119. The second-order valence-electron chi connectivity index (χ2n) is 7.17. The van der Waals surface area contributed by atoms with E-state index in [2.05, 4.69) is 5.32 Å². The maximum absolute atomic E-state index is 11.9. The van der Waals surface area contributed by atoms with E-state index in [1.807, 2.05) is 27.7 Å². The SMILES string of the molecule is CCC(C)[C@H](NC(=O)OC(C)(C)C)[C@H](O)C[C@H](O)C(C)C. The second kappa shape index (κ2) is 8.59. The standard InChI is InChI=1S/C16H33NO4/c1-8-11(4)14(13(19)9-12(18)10(2)3)17-15(20)21-16(5,6)7/h10-14,18-19H,8-9H2,1-7H3,(H,17,20)/t11?,12-,13+,14-/m0/s1. The molecule has 5 nitrogen and oxygen atoms in total. The summed E-state index contributed by atoms with van der Waals surface area (Å²) in [5.41, 5.74) is -0.577. The fourth-order valence-electron chi connectivity index (χ4n) is 1.98. The quantitative estimate of drug-likeness (QED) is 0.675. The van der Waals surface area contributed by atoms with E-state index in [-0.39, 0.29) is 18.3 Å². The summed E-state index contributed by atoms with van der Waals surface area (Å²) < 4.78 is 5.24. The Morgan fingerprint density at radius 1 is 1.14 bits per heavy atom. The van der Waals surface area contributed by atoms with Gasteiger partial charge >= 0.3 is 6.09 Å². The first-order chi connectivity index (χ1) is 9.47. The van der Waals surface area contributed by atoms with Gasteiger partial charge in [0.05, 0.1) is 18.2 Å². The van der Waals surface area contributed by atoms with Gasteiger partial charge in [0.2, 0.25) is 0 Å². The van der Waals surface area contributed by atoms with Crippen molar-refractivity contribution in [2.45, 2.75) is 85.2 Å². The van der Waals surface area contributed by atoms with Gasteiger partial charge < -0.3 is 20.3 Å². The molecule has 0 saturated carbocycles. The highest BCUT2D eigenvalue weighted by Crippen LogP contribution is 2.18.